The van der Waals surface area contributed by atoms with Crippen LogP contribution in [-0.4, -0.2) is 21.1 Å². The van der Waals surface area contributed by atoms with Crippen molar-refractivity contribution in [1.29, 1.82) is 0 Å². The molecule has 0 aliphatic heterocycles. The fourth-order valence-corrected chi connectivity index (χ4v) is 0.250. The predicted octanol–water partition coefficient (Wildman–Crippen LogP) is 4.54. The smallest absolute Gasteiger partial charge is 0.401 e. The lowest BCUT2D eigenvalue weighted by molar-refractivity contribution is 0.219. The Labute approximate surface area is 99.2 Å². The number of hydrogen-bond donors (Lipinski definition) is 2. The van der Waals surface area contributed by atoms with Crippen LogP contribution in [0.5, 0.6) is 0 Å². The van der Waals surface area contributed by atoms with E-state index in [4.69, 9.17) is 19.8 Å². The highest BCUT2D eigenvalue weighted by Crippen LogP contribution is 2.15. The van der Waals surface area contributed by atoms with E-state index >= 15 is 0 Å². The van der Waals surface area contributed by atoms with Gasteiger partial charge in [0, 0.05) is 23.2 Å². The molecule has 0 unspecified atom stereocenters. The molecule has 0 heterocycles. The average molecular weight is 259 g/mol. The van der Waals surface area contributed by atoms with Crippen molar-refractivity contribution in [2.24, 2.45) is 0 Å². The lowest BCUT2D eigenvalue weighted by Gasteiger charge is -2.05. The third-order valence-corrected chi connectivity index (χ3v) is 1.35. The lowest BCUT2D eigenvalue weighted by atomic mass is 10.0. The summed E-state index contributed by atoms with van der Waals surface area (Å²) in [6, 6.07) is 0. The van der Waals surface area contributed by atoms with Crippen LogP contribution in [0.2, 0.25) is 0 Å². The van der Waals surface area contributed by atoms with E-state index < -0.39 is 10.9 Å². The van der Waals surface area contributed by atoms with Gasteiger partial charge >= 0.3 is 10.9 Å². The van der Waals surface area contributed by atoms with Gasteiger partial charge in [0.2, 0.25) is 0 Å². The lowest BCUT2D eigenvalue weighted by Crippen LogP contribution is -1.85. The first-order chi connectivity index (χ1) is 6.96. The molecule has 0 amide bonds. The van der Waals surface area contributed by atoms with E-state index in [0.29, 0.717) is 0 Å². The summed E-state index contributed by atoms with van der Waals surface area (Å²) in [6.45, 7) is 0. The summed E-state index contributed by atoms with van der Waals surface area (Å²) in [4.78, 5) is 17.5. The number of carbonyl (C=O) groups is 2. The molecule has 0 spiro atoms. The second kappa shape index (κ2) is 13.5. The Morgan fingerprint density at radius 2 is 0.733 bits per heavy atom. The zero-order valence-corrected chi connectivity index (χ0v) is 9.93. The Bertz CT molecular complexity index is 141. The molecule has 90 valence electrons. The van der Waals surface area contributed by atoms with Gasteiger partial charge in [-0.3, -0.25) is 0 Å². The zero-order chi connectivity index (χ0) is 12.1. The minimum atomic E-state index is -1.36. The normalized spacial score (nSPS) is 14.5. The number of hydrogen-bond acceptors (Lipinski definition) is 2. The van der Waals surface area contributed by atoms with E-state index in [1.54, 1.807) is 0 Å². The summed E-state index contributed by atoms with van der Waals surface area (Å²) in [5.41, 5.74) is -2.72. The molecule has 0 bridgehead atoms. The molecule has 0 aromatic heterocycles. The van der Waals surface area contributed by atoms with E-state index in [0.717, 1.165) is 0 Å². The molecule has 0 radical (unpaired) electrons. The van der Waals surface area contributed by atoms with Crippen LogP contribution in [0.4, 0.5) is 9.59 Å². The molecule has 2 rings (SSSR count). The van der Waals surface area contributed by atoms with Crippen molar-refractivity contribution in [2.45, 2.75) is 44.9 Å². The molecule has 2 N–H and O–H groups in total. The van der Waals surface area contributed by atoms with Crippen LogP contribution >= 0.6 is 23.2 Å². The van der Waals surface area contributed by atoms with Crippen molar-refractivity contribution in [1.82, 2.24) is 0 Å². The van der Waals surface area contributed by atoms with Crippen LogP contribution in [0.15, 0.2) is 0 Å². The van der Waals surface area contributed by atoms with Crippen molar-refractivity contribution < 1.29 is 19.8 Å². The minimum absolute atomic E-state index is 1.36. The molecule has 0 saturated heterocycles. The van der Waals surface area contributed by atoms with Crippen molar-refractivity contribution >= 4 is 34.1 Å². The van der Waals surface area contributed by atoms with E-state index in [1.165, 1.54) is 44.9 Å². The van der Waals surface area contributed by atoms with Crippen LogP contribution in [0.3, 0.4) is 0 Å². The third-order valence-electron chi connectivity index (χ3n) is 1.35. The van der Waals surface area contributed by atoms with E-state index in [-0.39, 0.29) is 0 Å². The first kappa shape index (κ1) is 16.9. The predicted molar refractivity (Wildman–Crippen MR) is 60.1 cm³/mol. The highest BCUT2D eigenvalue weighted by molar-refractivity contribution is 6.60. The Balaban J connectivity index is 0. The fourth-order valence-electron chi connectivity index (χ4n) is 0.250. The number of halogens is 2. The molecule has 0 atom stereocenters. The Kier molecular flexibility index (Phi) is 15.3. The summed E-state index contributed by atoms with van der Waals surface area (Å²) in [5.74, 6) is 0. The van der Waals surface area contributed by atoms with Gasteiger partial charge in [0.1, 0.15) is 0 Å². The first-order valence-corrected chi connectivity index (χ1v) is 5.49. The van der Waals surface area contributed by atoms with Crippen molar-refractivity contribution in [3.63, 3.8) is 0 Å². The third kappa shape index (κ3) is 87.8. The maximum Gasteiger partial charge on any atom is 0.401 e. The maximum atomic E-state index is 8.77. The molecule has 2 saturated carbocycles. The van der Waals surface area contributed by atoms with Gasteiger partial charge in [0.15, 0.2) is 0 Å². The van der Waals surface area contributed by atoms with E-state index in [2.05, 4.69) is 23.2 Å². The van der Waals surface area contributed by atoms with Crippen molar-refractivity contribution in [3.05, 3.63) is 0 Å². The van der Waals surface area contributed by atoms with Gasteiger partial charge in [-0.05, 0) is 0 Å². The molecule has 0 aromatic carbocycles. The average Bonchev–Trinajstić information content (AvgIpc) is 2.57. The monoisotopic (exact) mass is 258 g/mol. The standard InChI is InChI=1S/C4H8.C3H6.2CHClO2/c1-2-4-3-1;1-2-3-1;2*2-1(3)4/h1-4H2;1-3H2;2*(H,3,4). The van der Waals surface area contributed by atoms with Crippen molar-refractivity contribution in [3.8, 4) is 0 Å². The van der Waals surface area contributed by atoms with Crippen LogP contribution in [-0.2, 0) is 0 Å². The van der Waals surface area contributed by atoms with Gasteiger partial charge in [-0.25, -0.2) is 9.59 Å². The van der Waals surface area contributed by atoms with E-state index in [9.17, 15) is 0 Å². The molecule has 4 nitrogen and oxygen atoms in total. The van der Waals surface area contributed by atoms with Gasteiger partial charge in [0.25, 0.3) is 0 Å². The fraction of sp³-hybridized carbons (Fsp3) is 0.778. The molecule has 15 heavy (non-hydrogen) atoms. The zero-order valence-electron chi connectivity index (χ0n) is 8.42. The molecule has 2 fully saturated rings. The largest absolute Gasteiger partial charge is 0.469 e. The molecular formula is C9H16Cl2O4. The Morgan fingerprint density at radius 1 is 0.667 bits per heavy atom. The molecular weight excluding hydrogens is 243 g/mol. The van der Waals surface area contributed by atoms with Crippen LogP contribution in [0, 0.1) is 0 Å². The summed E-state index contributed by atoms with van der Waals surface area (Å²) in [5, 5.41) is 14.4. The summed E-state index contributed by atoms with van der Waals surface area (Å²) in [6.07, 6.45) is 10.5. The quantitative estimate of drug-likeness (QED) is 0.626. The second-order valence-electron chi connectivity index (χ2n) is 2.98. The molecule has 6 heteroatoms. The van der Waals surface area contributed by atoms with Crippen molar-refractivity contribution in [2.75, 3.05) is 0 Å². The summed E-state index contributed by atoms with van der Waals surface area (Å²) >= 11 is 8.38. The second-order valence-corrected chi connectivity index (χ2v) is 3.63. The van der Waals surface area contributed by atoms with Gasteiger partial charge in [-0.2, -0.15) is 0 Å². The topological polar surface area (TPSA) is 74.6 Å². The Morgan fingerprint density at radius 3 is 0.733 bits per heavy atom. The highest BCUT2D eigenvalue weighted by Gasteiger charge is 1.95. The van der Waals surface area contributed by atoms with Gasteiger partial charge in [0.05, 0.1) is 0 Å². The molecule has 0 aromatic rings. The Hall–Kier alpha value is -0.480. The summed E-state index contributed by atoms with van der Waals surface area (Å²) in [7, 11) is 0. The van der Waals surface area contributed by atoms with Gasteiger partial charge < -0.3 is 10.2 Å². The number of rotatable bonds is 0. The molecule has 2 aliphatic rings. The molecule has 2 aliphatic carbocycles. The van der Waals surface area contributed by atoms with Crippen LogP contribution in [0.1, 0.15) is 44.9 Å². The SMILES string of the molecule is C1CC1.C1CCC1.O=C(O)Cl.O=C(O)Cl. The highest BCUT2D eigenvalue weighted by atomic mass is 35.5. The van der Waals surface area contributed by atoms with Gasteiger partial charge in [-0.1, -0.05) is 44.9 Å². The maximum absolute atomic E-state index is 8.77. The van der Waals surface area contributed by atoms with Crippen LogP contribution < -0.4 is 0 Å². The van der Waals surface area contributed by atoms with Gasteiger partial charge in [-0.15, -0.1) is 0 Å². The number of carboxylic acid groups (broad SMARTS) is 2. The minimum Gasteiger partial charge on any atom is -0.469 e. The summed E-state index contributed by atoms with van der Waals surface area (Å²) < 4.78 is 0. The van der Waals surface area contributed by atoms with Crippen LogP contribution in [0.25, 0.3) is 0 Å². The first-order valence-electron chi connectivity index (χ1n) is 4.73. The van der Waals surface area contributed by atoms with E-state index in [1.807, 2.05) is 0 Å².